The molecule has 154 valence electrons. The lowest BCUT2D eigenvalue weighted by Gasteiger charge is -2.30. The molecule has 0 bridgehead atoms. The van der Waals surface area contributed by atoms with Crippen LogP contribution < -0.4 is 10.9 Å². The van der Waals surface area contributed by atoms with Crippen LogP contribution in [0.3, 0.4) is 0 Å². The Labute approximate surface area is 175 Å². The monoisotopic (exact) mass is 402 g/mol. The van der Waals surface area contributed by atoms with Gasteiger partial charge in [-0.3, -0.25) is 14.6 Å². The molecule has 0 unspecified atom stereocenters. The first-order valence-corrected chi connectivity index (χ1v) is 10.9. The van der Waals surface area contributed by atoms with Crippen LogP contribution in [0.2, 0.25) is 0 Å². The van der Waals surface area contributed by atoms with Crippen molar-refractivity contribution in [3.8, 4) is 0 Å². The molecule has 1 aromatic carbocycles. The Hall–Kier alpha value is -3.02. The van der Waals surface area contributed by atoms with E-state index < -0.39 is 0 Å². The van der Waals surface area contributed by atoms with E-state index in [2.05, 4.69) is 10.3 Å². The first-order valence-electron chi connectivity index (χ1n) is 10.9. The van der Waals surface area contributed by atoms with Gasteiger partial charge in [0.25, 0.3) is 11.5 Å². The van der Waals surface area contributed by atoms with Crippen LogP contribution in [0.4, 0.5) is 0 Å². The maximum Gasteiger partial charge on any atom is 0.267 e. The maximum atomic E-state index is 12.7. The smallest absolute Gasteiger partial charge is 0.267 e. The summed E-state index contributed by atoms with van der Waals surface area (Å²) in [6.07, 6.45) is 9.44. The molecule has 0 saturated heterocycles. The fourth-order valence-corrected chi connectivity index (χ4v) is 4.79. The van der Waals surface area contributed by atoms with Crippen LogP contribution in [0.1, 0.15) is 66.2 Å². The molecule has 3 aromatic rings. The summed E-state index contributed by atoms with van der Waals surface area (Å²) in [5.41, 5.74) is 3.80. The van der Waals surface area contributed by atoms with Crippen molar-refractivity contribution in [1.29, 1.82) is 0 Å². The van der Waals surface area contributed by atoms with Crippen molar-refractivity contribution < 1.29 is 4.79 Å². The molecule has 0 aliphatic heterocycles. The Kier molecular flexibility index (Phi) is 5.07. The highest BCUT2D eigenvalue weighted by Gasteiger charge is 2.26. The highest BCUT2D eigenvalue weighted by molar-refractivity contribution is 5.98. The molecule has 2 aliphatic carbocycles. The van der Waals surface area contributed by atoms with Gasteiger partial charge in [0.1, 0.15) is 0 Å². The number of nitrogens with one attached hydrogen (secondary N) is 1. The predicted octanol–water partition coefficient (Wildman–Crippen LogP) is 3.58. The predicted molar refractivity (Wildman–Crippen MR) is 116 cm³/mol. The molecule has 0 spiro atoms. The van der Waals surface area contributed by atoms with Crippen LogP contribution in [0.15, 0.2) is 47.4 Å². The molecular weight excluding hydrogens is 376 g/mol. The molecule has 1 N–H and O–H groups in total. The fourth-order valence-electron chi connectivity index (χ4n) is 4.79. The topological polar surface area (TPSA) is 76.9 Å². The number of hydrogen-bond donors (Lipinski definition) is 1. The van der Waals surface area contributed by atoms with E-state index in [1.807, 2.05) is 30.3 Å². The summed E-state index contributed by atoms with van der Waals surface area (Å²) in [5.74, 6) is -0.0479. The molecular formula is C24H26N4O2. The summed E-state index contributed by atoms with van der Waals surface area (Å²) in [5, 5.41) is 8.84. The van der Waals surface area contributed by atoms with Gasteiger partial charge in [-0.25, -0.2) is 4.68 Å². The van der Waals surface area contributed by atoms with Crippen LogP contribution in [0.25, 0.3) is 10.9 Å². The van der Waals surface area contributed by atoms with E-state index in [-0.39, 0.29) is 23.6 Å². The summed E-state index contributed by atoms with van der Waals surface area (Å²) in [6.45, 7) is 0. The number of carbonyl (C=O) groups excluding carboxylic acids is 1. The minimum absolute atomic E-state index is 0.0212. The molecule has 1 fully saturated rings. The van der Waals surface area contributed by atoms with Crippen LogP contribution in [0, 0.1) is 0 Å². The molecule has 1 amide bonds. The Balaban J connectivity index is 1.24. The molecule has 0 atom stereocenters. The largest absolute Gasteiger partial charge is 0.349 e. The van der Waals surface area contributed by atoms with Gasteiger partial charge < -0.3 is 5.32 Å². The first kappa shape index (κ1) is 19.0. The molecule has 6 nitrogen and oxygen atoms in total. The van der Waals surface area contributed by atoms with E-state index in [1.54, 1.807) is 16.9 Å². The molecule has 1 saturated carbocycles. The average molecular weight is 402 g/mol. The third-order valence-electron chi connectivity index (χ3n) is 6.48. The highest BCUT2D eigenvalue weighted by atomic mass is 16.1. The zero-order valence-electron chi connectivity index (χ0n) is 17.0. The van der Waals surface area contributed by atoms with E-state index in [4.69, 9.17) is 5.10 Å². The van der Waals surface area contributed by atoms with Gasteiger partial charge in [-0.05, 0) is 81.2 Å². The number of nitrogens with zero attached hydrogens (tertiary/aromatic N) is 3. The van der Waals surface area contributed by atoms with Gasteiger partial charge in [-0.2, -0.15) is 5.10 Å². The van der Waals surface area contributed by atoms with Crippen LogP contribution in [0.5, 0.6) is 0 Å². The van der Waals surface area contributed by atoms with E-state index >= 15 is 0 Å². The van der Waals surface area contributed by atoms with Crippen LogP contribution >= 0.6 is 0 Å². The van der Waals surface area contributed by atoms with Gasteiger partial charge in [0.05, 0.1) is 17.3 Å². The number of carbonyl (C=O) groups is 1. The number of pyridine rings is 1. The normalized spacial score (nSPS) is 21.2. The zero-order valence-corrected chi connectivity index (χ0v) is 17.0. The summed E-state index contributed by atoms with van der Waals surface area (Å²) in [4.78, 5) is 29.6. The zero-order chi connectivity index (χ0) is 20.5. The van der Waals surface area contributed by atoms with Gasteiger partial charge in [0.2, 0.25) is 0 Å². The standard InChI is InChI=1S/C24H26N4O2/c29-23-15-17-4-1-2-6-22(17)27-28(23)20-10-8-19(9-11-20)26-24(30)18-7-12-21-16(14-18)5-3-13-25-21/h3,5,7,12-15,19-20H,1-2,4,6,8-11H2,(H,26,30). The second kappa shape index (κ2) is 8.01. The van der Waals surface area contributed by atoms with Gasteiger partial charge in [0, 0.05) is 29.3 Å². The Morgan fingerprint density at radius 1 is 1.03 bits per heavy atom. The summed E-state index contributed by atoms with van der Waals surface area (Å²) in [7, 11) is 0. The lowest BCUT2D eigenvalue weighted by atomic mass is 9.90. The highest BCUT2D eigenvalue weighted by Crippen LogP contribution is 2.28. The van der Waals surface area contributed by atoms with Crippen molar-refractivity contribution >= 4 is 16.8 Å². The molecule has 0 radical (unpaired) electrons. The van der Waals surface area contributed by atoms with E-state index in [1.165, 1.54) is 0 Å². The van der Waals surface area contributed by atoms with E-state index in [9.17, 15) is 9.59 Å². The minimum Gasteiger partial charge on any atom is -0.349 e. The molecule has 2 aliphatic rings. The minimum atomic E-state index is -0.0479. The fraction of sp³-hybridized carbons (Fsp3) is 0.417. The maximum absolute atomic E-state index is 12.7. The SMILES string of the molecule is O=C(NC1CCC(n2nc3c(cc2=O)CCCC3)CC1)c1ccc2ncccc2c1. The Bertz CT molecular complexity index is 1150. The average Bonchev–Trinajstić information content (AvgIpc) is 2.79. The van der Waals surface area contributed by atoms with Crippen LogP contribution in [-0.4, -0.2) is 26.7 Å². The van der Waals surface area contributed by atoms with Crippen LogP contribution in [-0.2, 0) is 12.8 Å². The number of aryl methyl sites for hydroxylation is 2. The second-order valence-electron chi connectivity index (χ2n) is 8.50. The molecule has 5 rings (SSSR count). The lowest BCUT2D eigenvalue weighted by Crippen LogP contribution is -2.40. The lowest BCUT2D eigenvalue weighted by molar-refractivity contribution is 0.0921. The van der Waals surface area contributed by atoms with Crippen molar-refractivity contribution in [3.05, 3.63) is 69.8 Å². The summed E-state index contributed by atoms with van der Waals surface area (Å²) >= 11 is 0. The van der Waals surface area contributed by atoms with Crippen molar-refractivity contribution in [2.45, 2.75) is 63.5 Å². The van der Waals surface area contributed by atoms with Gasteiger partial charge in [-0.1, -0.05) is 6.07 Å². The molecule has 30 heavy (non-hydrogen) atoms. The van der Waals surface area contributed by atoms with Gasteiger partial charge in [-0.15, -0.1) is 0 Å². The van der Waals surface area contributed by atoms with E-state index in [0.717, 1.165) is 73.5 Å². The second-order valence-corrected chi connectivity index (χ2v) is 8.50. The number of aromatic nitrogens is 3. The third kappa shape index (κ3) is 3.74. The third-order valence-corrected chi connectivity index (χ3v) is 6.48. The molecule has 2 heterocycles. The Morgan fingerprint density at radius 3 is 2.73 bits per heavy atom. The summed E-state index contributed by atoms with van der Waals surface area (Å²) in [6, 6.07) is 11.5. The number of rotatable bonds is 3. The molecule has 2 aromatic heterocycles. The first-order chi connectivity index (χ1) is 14.7. The van der Waals surface area contributed by atoms with E-state index in [0.29, 0.717) is 5.56 Å². The number of fused-ring (bicyclic) bond motifs is 2. The number of hydrogen-bond acceptors (Lipinski definition) is 4. The van der Waals surface area contributed by atoms with Gasteiger partial charge in [0.15, 0.2) is 0 Å². The number of amides is 1. The van der Waals surface area contributed by atoms with Crippen molar-refractivity contribution in [3.63, 3.8) is 0 Å². The van der Waals surface area contributed by atoms with Crippen molar-refractivity contribution in [2.24, 2.45) is 0 Å². The molecule has 6 heteroatoms. The summed E-state index contributed by atoms with van der Waals surface area (Å²) < 4.78 is 1.71. The van der Waals surface area contributed by atoms with Crippen molar-refractivity contribution in [2.75, 3.05) is 0 Å². The number of benzene rings is 1. The van der Waals surface area contributed by atoms with Crippen molar-refractivity contribution in [1.82, 2.24) is 20.1 Å². The Morgan fingerprint density at radius 2 is 1.87 bits per heavy atom. The van der Waals surface area contributed by atoms with Gasteiger partial charge >= 0.3 is 0 Å². The quantitative estimate of drug-likeness (QED) is 0.726.